The molecule has 148 valence electrons. The van der Waals surface area contributed by atoms with E-state index in [4.69, 9.17) is 13.9 Å². The predicted molar refractivity (Wildman–Crippen MR) is 97.4 cm³/mol. The molecular formula is C20H14F3N3O3. The molecule has 9 heteroatoms. The van der Waals surface area contributed by atoms with Crippen molar-refractivity contribution in [2.45, 2.75) is 12.8 Å². The minimum Gasteiger partial charge on any atom is -0.495 e. The number of benzene rings is 1. The van der Waals surface area contributed by atoms with Crippen LogP contribution in [0.5, 0.6) is 11.5 Å². The van der Waals surface area contributed by atoms with Crippen LogP contribution in [0.2, 0.25) is 0 Å². The Morgan fingerprint density at radius 1 is 0.966 bits per heavy atom. The van der Waals surface area contributed by atoms with Crippen LogP contribution in [0.4, 0.5) is 13.2 Å². The maximum atomic E-state index is 12.7. The van der Waals surface area contributed by atoms with E-state index in [1.165, 1.54) is 6.07 Å². The highest BCUT2D eigenvalue weighted by Gasteiger charge is 2.30. The Balaban J connectivity index is 1.51. The molecule has 1 aromatic carbocycles. The van der Waals surface area contributed by atoms with Gasteiger partial charge >= 0.3 is 6.18 Å². The van der Waals surface area contributed by atoms with Crippen LogP contribution in [0, 0.1) is 0 Å². The molecule has 0 radical (unpaired) electrons. The lowest BCUT2D eigenvalue weighted by molar-refractivity contribution is -0.137. The maximum Gasteiger partial charge on any atom is 0.417 e. The Morgan fingerprint density at radius 2 is 1.79 bits per heavy atom. The van der Waals surface area contributed by atoms with E-state index in [0.29, 0.717) is 22.6 Å². The van der Waals surface area contributed by atoms with E-state index in [1.54, 1.807) is 43.6 Å². The van der Waals surface area contributed by atoms with Gasteiger partial charge in [0, 0.05) is 12.3 Å². The average Bonchev–Trinajstić information content (AvgIpc) is 3.15. The lowest BCUT2D eigenvalue weighted by Gasteiger charge is -2.06. The lowest BCUT2D eigenvalue weighted by atomic mass is 10.2. The summed E-state index contributed by atoms with van der Waals surface area (Å²) in [4.78, 5) is 12.3. The zero-order valence-corrected chi connectivity index (χ0v) is 15.1. The molecule has 0 N–H and O–H groups in total. The zero-order valence-electron chi connectivity index (χ0n) is 15.1. The molecule has 0 fully saturated rings. The second-order valence-corrected chi connectivity index (χ2v) is 6.06. The molecule has 0 saturated carbocycles. The summed E-state index contributed by atoms with van der Waals surface area (Å²) in [5.74, 6) is 1.33. The van der Waals surface area contributed by atoms with Crippen molar-refractivity contribution in [1.29, 1.82) is 0 Å². The SMILES string of the molecule is COc1ccc(COc2ccc3oc(-c4ccc(C(F)(F)F)cn4)nc3c2)nc1. The molecule has 0 aliphatic carbocycles. The third-order valence-electron chi connectivity index (χ3n) is 4.09. The zero-order chi connectivity index (χ0) is 20.4. The van der Waals surface area contributed by atoms with Gasteiger partial charge < -0.3 is 13.9 Å². The van der Waals surface area contributed by atoms with Crippen LogP contribution in [0.25, 0.3) is 22.7 Å². The summed E-state index contributed by atoms with van der Waals surface area (Å²) in [6, 6.07) is 10.8. The van der Waals surface area contributed by atoms with Crippen molar-refractivity contribution in [3.05, 3.63) is 66.1 Å². The molecule has 0 aliphatic rings. The fourth-order valence-electron chi connectivity index (χ4n) is 2.57. The number of hydrogen-bond donors (Lipinski definition) is 0. The fraction of sp³-hybridized carbons (Fsp3) is 0.150. The van der Waals surface area contributed by atoms with E-state index in [0.717, 1.165) is 18.0 Å². The van der Waals surface area contributed by atoms with E-state index in [2.05, 4.69) is 15.0 Å². The van der Waals surface area contributed by atoms with Gasteiger partial charge in [0.05, 0.1) is 24.6 Å². The third kappa shape index (κ3) is 4.13. The first-order valence-electron chi connectivity index (χ1n) is 8.48. The number of nitrogens with zero attached hydrogens (tertiary/aromatic N) is 3. The van der Waals surface area contributed by atoms with Gasteiger partial charge in [0.2, 0.25) is 5.89 Å². The van der Waals surface area contributed by atoms with Crippen molar-refractivity contribution in [3.8, 4) is 23.1 Å². The highest BCUT2D eigenvalue weighted by Crippen LogP contribution is 2.31. The molecule has 0 aliphatic heterocycles. The van der Waals surface area contributed by atoms with Crippen molar-refractivity contribution in [2.75, 3.05) is 7.11 Å². The smallest absolute Gasteiger partial charge is 0.417 e. The number of rotatable bonds is 5. The number of oxazole rings is 1. The molecule has 4 aromatic rings. The van der Waals surface area contributed by atoms with Gasteiger partial charge in [-0.2, -0.15) is 13.2 Å². The van der Waals surface area contributed by atoms with Crippen molar-refractivity contribution in [3.63, 3.8) is 0 Å². The minimum absolute atomic E-state index is 0.127. The van der Waals surface area contributed by atoms with E-state index >= 15 is 0 Å². The molecule has 3 aromatic heterocycles. The van der Waals surface area contributed by atoms with Gasteiger partial charge in [-0.3, -0.25) is 9.97 Å². The normalized spacial score (nSPS) is 11.6. The largest absolute Gasteiger partial charge is 0.495 e. The molecule has 0 amide bonds. The summed E-state index contributed by atoms with van der Waals surface area (Å²) < 4.78 is 54.4. The van der Waals surface area contributed by atoms with E-state index in [1.807, 2.05) is 0 Å². The Morgan fingerprint density at radius 3 is 2.45 bits per heavy atom. The number of hydrogen-bond acceptors (Lipinski definition) is 6. The maximum absolute atomic E-state index is 12.7. The number of methoxy groups -OCH3 is 1. The first kappa shape index (κ1) is 18.7. The van der Waals surface area contributed by atoms with Crippen molar-refractivity contribution in [2.24, 2.45) is 0 Å². The molecule has 3 heterocycles. The second-order valence-electron chi connectivity index (χ2n) is 6.06. The van der Waals surface area contributed by atoms with Gasteiger partial charge in [0.25, 0.3) is 0 Å². The number of pyridine rings is 2. The molecule has 0 bridgehead atoms. The average molecular weight is 401 g/mol. The first-order valence-corrected chi connectivity index (χ1v) is 8.48. The van der Waals surface area contributed by atoms with Crippen LogP contribution in [0.15, 0.2) is 59.3 Å². The quantitative estimate of drug-likeness (QED) is 0.474. The van der Waals surface area contributed by atoms with E-state index in [-0.39, 0.29) is 18.2 Å². The fourth-order valence-corrected chi connectivity index (χ4v) is 2.57. The summed E-state index contributed by atoms with van der Waals surface area (Å²) in [6.45, 7) is 0.251. The van der Waals surface area contributed by atoms with Gasteiger partial charge in [0.1, 0.15) is 29.3 Å². The standard InChI is InChI=1S/C20H14F3N3O3/c1-27-15-4-3-13(24-10-15)11-28-14-5-7-18-17(8-14)26-19(29-18)16-6-2-12(9-25-16)20(21,22)23/h2-10H,11H2,1H3. The minimum atomic E-state index is -4.45. The first-order chi connectivity index (χ1) is 13.9. The highest BCUT2D eigenvalue weighted by atomic mass is 19.4. The molecule has 4 rings (SSSR count). The number of alkyl halides is 3. The van der Waals surface area contributed by atoms with Gasteiger partial charge in [-0.25, -0.2) is 4.98 Å². The number of aromatic nitrogens is 3. The number of fused-ring (bicyclic) bond motifs is 1. The van der Waals surface area contributed by atoms with Crippen molar-refractivity contribution in [1.82, 2.24) is 15.0 Å². The van der Waals surface area contributed by atoms with Gasteiger partial charge in [-0.15, -0.1) is 0 Å². The predicted octanol–water partition coefficient (Wildman–Crippen LogP) is 4.89. The van der Waals surface area contributed by atoms with Crippen LogP contribution in [-0.4, -0.2) is 22.1 Å². The highest BCUT2D eigenvalue weighted by molar-refractivity contribution is 5.77. The third-order valence-corrected chi connectivity index (χ3v) is 4.09. The Bertz CT molecular complexity index is 1120. The number of halogens is 3. The molecule has 6 nitrogen and oxygen atoms in total. The Hall–Kier alpha value is -3.62. The Labute approximate surface area is 162 Å². The summed E-state index contributed by atoms with van der Waals surface area (Å²) in [6.07, 6.45) is -2.10. The van der Waals surface area contributed by atoms with E-state index < -0.39 is 11.7 Å². The summed E-state index contributed by atoms with van der Waals surface area (Å²) in [7, 11) is 1.56. The van der Waals surface area contributed by atoms with Crippen LogP contribution >= 0.6 is 0 Å². The second kappa shape index (κ2) is 7.42. The van der Waals surface area contributed by atoms with Crippen LogP contribution < -0.4 is 9.47 Å². The molecule has 0 unspecified atom stereocenters. The molecule has 0 saturated heterocycles. The van der Waals surface area contributed by atoms with Gasteiger partial charge in [-0.1, -0.05) is 0 Å². The summed E-state index contributed by atoms with van der Waals surface area (Å²) in [5, 5.41) is 0. The molecule has 0 spiro atoms. The van der Waals surface area contributed by atoms with E-state index in [9.17, 15) is 13.2 Å². The summed E-state index contributed by atoms with van der Waals surface area (Å²) >= 11 is 0. The molecule has 29 heavy (non-hydrogen) atoms. The van der Waals surface area contributed by atoms with Gasteiger partial charge in [-0.05, 0) is 36.4 Å². The number of ether oxygens (including phenoxy) is 2. The van der Waals surface area contributed by atoms with Crippen molar-refractivity contribution >= 4 is 11.1 Å². The monoisotopic (exact) mass is 401 g/mol. The van der Waals surface area contributed by atoms with Crippen LogP contribution in [0.1, 0.15) is 11.3 Å². The van der Waals surface area contributed by atoms with Gasteiger partial charge in [0.15, 0.2) is 5.58 Å². The topological polar surface area (TPSA) is 70.3 Å². The van der Waals surface area contributed by atoms with Crippen LogP contribution in [-0.2, 0) is 12.8 Å². The van der Waals surface area contributed by atoms with Crippen LogP contribution in [0.3, 0.4) is 0 Å². The summed E-state index contributed by atoms with van der Waals surface area (Å²) in [5.41, 5.74) is 1.07. The molecular weight excluding hydrogens is 387 g/mol. The van der Waals surface area contributed by atoms with Crippen molar-refractivity contribution < 1.29 is 27.1 Å². The Kier molecular flexibility index (Phi) is 4.79. The lowest BCUT2D eigenvalue weighted by Crippen LogP contribution is -2.05. The molecule has 0 atom stereocenters.